The van der Waals surface area contributed by atoms with Crippen LogP contribution in [0.1, 0.15) is 41.5 Å². The van der Waals surface area contributed by atoms with Crippen LogP contribution in [0.4, 0.5) is 0 Å². The van der Waals surface area contributed by atoms with Crippen LogP contribution in [0.2, 0.25) is 0 Å². The Morgan fingerprint density at radius 2 is 1.60 bits per heavy atom. The number of unbranched alkanes of at least 4 members (excludes halogenated alkanes) is 1. The fourth-order valence-electron chi connectivity index (χ4n) is 4.13. The molecule has 0 saturated heterocycles. The number of halogens is 1. The largest absolute Gasteiger partial charge is 0.361 e. The minimum Gasteiger partial charge on any atom is -0.361 e. The molecule has 2 aromatic heterocycles. The van der Waals surface area contributed by atoms with E-state index in [4.69, 9.17) is 16.9 Å². The van der Waals surface area contributed by atoms with Gasteiger partial charge in [0, 0.05) is 46.6 Å². The number of rotatable bonds is 8. The normalized spacial score (nSPS) is 11.0. The molecule has 30 heavy (non-hydrogen) atoms. The van der Waals surface area contributed by atoms with E-state index in [-0.39, 0.29) is 0 Å². The number of hydrogen-bond acceptors (Lipinski definition) is 2. The van der Waals surface area contributed by atoms with Gasteiger partial charge in [-0.05, 0) is 79.6 Å². The van der Waals surface area contributed by atoms with E-state index in [9.17, 15) is 5.26 Å². The highest BCUT2D eigenvalue weighted by atomic mass is 35.5. The zero-order valence-corrected chi connectivity index (χ0v) is 17.5. The molecule has 4 aromatic rings. The molecule has 4 rings (SSSR count). The Hall–Kier alpha value is -3.21. The number of alkyl halides is 1. The average molecular weight is 415 g/mol. The minimum atomic E-state index is 0.642. The van der Waals surface area contributed by atoms with Crippen molar-refractivity contribution < 1.29 is 0 Å². The number of aromatic amines is 1. The molecule has 0 spiro atoms. The van der Waals surface area contributed by atoms with Gasteiger partial charge in [0.1, 0.15) is 0 Å². The molecule has 1 N–H and O–H groups in total. The van der Waals surface area contributed by atoms with Gasteiger partial charge in [0.2, 0.25) is 0 Å². The molecule has 0 aliphatic carbocycles. The van der Waals surface area contributed by atoms with Gasteiger partial charge in [-0.25, -0.2) is 0 Å². The first-order valence-electron chi connectivity index (χ1n) is 10.3. The first-order valence-corrected chi connectivity index (χ1v) is 10.8. The molecule has 0 amide bonds. The highest BCUT2D eigenvalue weighted by Gasteiger charge is 2.10. The second-order valence-corrected chi connectivity index (χ2v) is 8.01. The lowest BCUT2D eigenvalue weighted by Crippen LogP contribution is -1.97. The zero-order valence-electron chi connectivity index (χ0n) is 16.8. The van der Waals surface area contributed by atoms with Gasteiger partial charge in [0.05, 0.1) is 23.3 Å². The van der Waals surface area contributed by atoms with Gasteiger partial charge in [-0.3, -0.25) is 0 Å². The topological polar surface area (TPSA) is 68.3 Å². The first-order chi connectivity index (χ1) is 14.7. The summed E-state index contributed by atoms with van der Waals surface area (Å²) >= 11 is 5.90. The fraction of sp³-hybridized carbons (Fsp3) is 0.280. The van der Waals surface area contributed by atoms with Crippen molar-refractivity contribution in [2.45, 2.75) is 38.6 Å². The van der Waals surface area contributed by atoms with Crippen LogP contribution < -0.4 is 0 Å². The predicted molar refractivity (Wildman–Crippen MR) is 122 cm³/mol. The summed E-state index contributed by atoms with van der Waals surface area (Å²) in [7, 11) is 0. The van der Waals surface area contributed by atoms with Crippen molar-refractivity contribution >= 4 is 33.4 Å². The lowest BCUT2D eigenvalue weighted by molar-refractivity contribution is 0.623. The van der Waals surface area contributed by atoms with Crippen molar-refractivity contribution in [2.75, 3.05) is 5.88 Å². The summed E-state index contributed by atoms with van der Waals surface area (Å²) in [6, 6.07) is 16.2. The van der Waals surface area contributed by atoms with Crippen molar-refractivity contribution in [1.82, 2.24) is 9.55 Å². The highest BCUT2D eigenvalue weighted by molar-refractivity contribution is 6.17. The minimum absolute atomic E-state index is 0.642. The number of nitriles is 2. The summed E-state index contributed by atoms with van der Waals surface area (Å²) in [6.07, 6.45) is 9.25. The van der Waals surface area contributed by atoms with Gasteiger partial charge in [0.25, 0.3) is 0 Å². The van der Waals surface area contributed by atoms with Crippen LogP contribution >= 0.6 is 11.6 Å². The summed E-state index contributed by atoms with van der Waals surface area (Å²) in [5.74, 6) is 0.642. The Morgan fingerprint density at radius 1 is 0.867 bits per heavy atom. The summed E-state index contributed by atoms with van der Waals surface area (Å²) in [4.78, 5) is 3.30. The average Bonchev–Trinajstić information content (AvgIpc) is 3.35. The Balaban J connectivity index is 1.46. The molecule has 2 aromatic carbocycles. The van der Waals surface area contributed by atoms with E-state index >= 15 is 0 Å². The first kappa shape index (κ1) is 20.1. The zero-order chi connectivity index (χ0) is 20.9. The number of hydrogen-bond donors (Lipinski definition) is 1. The van der Waals surface area contributed by atoms with Crippen LogP contribution in [0.5, 0.6) is 0 Å². The van der Waals surface area contributed by atoms with Crippen molar-refractivity contribution in [1.29, 1.82) is 10.5 Å². The molecule has 150 valence electrons. The Labute approximate surface area is 181 Å². The molecule has 5 heteroatoms. The van der Waals surface area contributed by atoms with Crippen molar-refractivity contribution in [2.24, 2.45) is 0 Å². The SMILES string of the molecule is N#Cc1ccc2[nH]cc(CCCCn3cc(CCCCl)c4cc(C#N)ccc43)c2c1. The van der Waals surface area contributed by atoms with E-state index in [1.54, 1.807) is 0 Å². The Bertz CT molecular complexity index is 1270. The van der Waals surface area contributed by atoms with Crippen molar-refractivity contribution in [3.8, 4) is 12.1 Å². The second-order valence-electron chi connectivity index (χ2n) is 7.63. The maximum absolute atomic E-state index is 9.24. The van der Waals surface area contributed by atoms with Gasteiger partial charge in [-0.2, -0.15) is 10.5 Å². The van der Waals surface area contributed by atoms with Gasteiger partial charge in [-0.1, -0.05) is 0 Å². The number of nitrogens with zero attached hydrogens (tertiary/aromatic N) is 3. The van der Waals surface area contributed by atoms with Crippen LogP contribution in [0, 0.1) is 22.7 Å². The molecule has 0 atom stereocenters. The van der Waals surface area contributed by atoms with Crippen LogP contribution in [0.25, 0.3) is 21.8 Å². The van der Waals surface area contributed by atoms with E-state index in [2.05, 4.69) is 40.1 Å². The van der Waals surface area contributed by atoms with Crippen LogP contribution in [0.3, 0.4) is 0 Å². The molecular weight excluding hydrogens is 392 g/mol. The molecule has 4 nitrogen and oxygen atoms in total. The summed E-state index contributed by atoms with van der Waals surface area (Å²) in [6.45, 7) is 0.940. The lowest BCUT2D eigenvalue weighted by atomic mass is 10.1. The van der Waals surface area contributed by atoms with E-state index in [1.165, 1.54) is 22.0 Å². The van der Waals surface area contributed by atoms with Crippen molar-refractivity contribution in [3.63, 3.8) is 0 Å². The second kappa shape index (κ2) is 9.08. The number of aromatic nitrogens is 2. The maximum atomic E-state index is 9.24. The maximum Gasteiger partial charge on any atom is 0.0991 e. The van der Waals surface area contributed by atoms with Crippen LogP contribution in [0.15, 0.2) is 48.8 Å². The lowest BCUT2D eigenvalue weighted by Gasteiger charge is -2.06. The predicted octanol–water partition coefficient (Wildman–Crippen LogP) is 6.06. The quantitative estimate of drug-likeness (QED) is 0.281. The standard InChI is InChI=1S/C25H23ClN4/c26-10-3-5-21-17-30(25-9-7-19(15-28)13-23(21)25)11-2-1-4-20-16-29-24-8-6-18(14-27)12-22(20)24/h6-9,12-13,16-17,29H,1-5,10-11H2. The number of nitrogens with one attached hydrogen (secondary N) is 1. The molecule has 2 heterocycles. The van der Waals surface area contributed by atoms with E-state index in [0.717, 1.165) is 49.6 Å². The Kier molecular flexibility index (Phi) is 6.07. The molecule has 0 saturated carbocycles. The summed E-state index contributed by atoms with van der Waals surface area (Å²) in [5, 5.41) is 20.7. The molecular formula is C25H23ClN4. The molecule has 0 radical (unpaired) electrons. The molecule has 0 aliphatic heterocycles. The van der Waals surface area contributed by atoms with Gasteiger partial charge >= 0.3 is 0 Å². The van der Waals surface area contributed by atoms with Crippen LogP contribution in [-0.2, 0) is 19.4 Å². The number of aryl methyl sites for hydroxylation is 3. The van der Waals surface area contributed by atoms with Gasteiger partial charge in [-0.15, -0.1) is 11.6 Å². The number of benzene rings is 2. The number of fused-ring (bicyclic) bond motifs is 2. The third-order valence-electron chi connectivity index (χ3n) is 5.66. The monoisotopic (exact) mass is 414 g/mol. The van der Waals surface area contributed by atoms with E-state index in [1.807, 2.05) is 30.3 Å². The van der Waals surface area contributed by atoms with Crippen LogP contribution in [-0.4, -0.2) is 15.4 Å². The number of H-pyrrole nitrogens is 1. The molecule has 0 bridgehead atoms. The smallest absolute Gasteiger partial charge is 0.0991 e. The molecule has 0 fully saturated rings. The third-order valence-corrected chi connectivity index (χ3v) is 5.93. The summed E-state index contributed by atoms with van der Waals surface area (Å²) in [5.41, 5.74) is 6.19. The Morgan fingerprint density at radius 3 is 2.37 bits per heavy atom. The molecule has 0 aliphatic rings. The molecule has 0 unspecified atom stereocenters. The van der Waals surface area contributed by atoms with Crippen molar-refractivity contribution in [3.05, 3.63) is 71.0 Å². The third kappa shape index (κ3) is 4.06. The fourth-order valence-corrected chi connectivity index (χ4v) is 4.27. The van der Waals surface area contributed by atoms with E-state index in [0.29, 0.717) is 17.0 Å². The summed E-state index contributed by atoms with van der Waals surface area (Å²) < 4.78 is 2.31. The van der Waals surface area contributed by atoms with Gasteiger partial charge < -0.3 is 9.55 Å². The van der Waals surface area contributed by atoms with E-state index < -0.39 is 0 Å². The van der Waals surface area contributed by atoms with Gasteiger partial charge in [0.15, 0.2) is 0 Å². The highest BCUT2D eigenvalue weighted by Crippen LogP contribution is 2.26.